The Morgan fingerprint density at radius 2 is 2.08 bits per heavy atom. The summed E-state index contributed by atoms with van der Waals surface area (Å²) in [6, 6.07) is 0. The van der Waals surface area contributed by atoms with Gasteiger partial charge in [-0.05, 0) is 11.0 Å². The number of carbonyl (C=O) groups excluding carboxylic acids is 1. The quantitative estimate of drug-likeness (QED) is 0.533. The molecule has 2 unspecified atom stereocenters. The first-order valence-electron chi connectivity index (χ1n) is 4.86. The molecule has 72 valence electrons. The molecule has 2 heterocycles. The minimum Gasteiger partial charge on any atom is -0.366 e. The van der Waals surface area contributed by atoms with Gasteiger partial charge in [-0.15, -0.1) is 0 Å². The fourth-order valence-corrected chi connectivity index (χ4v) is 2.14. The van der Waals surface area contributed by atoms with Crippen LogP contribution in [-0.2, 0) is 9.53 Å². The first-order chi connectivity index (χ1) is 5.97. The van der Waals surface area contributed by atoms with E-state index < -0.39 is 0 Å². The van der Waals surface area contributed by atoms with Gasteiger partial charge in [0.2, 0.25) is 0 Å². The van der Waals surface area contributed by atoms with Gasteiger partial charge in [0.25, 0.3) is 0 Å². The maximum absolute atomic E-state index is 11.3. The van der Waals surface area contributed by atoms with Crippen molar-refractivity contribution >= 4 is 5.78 Å². The topological polar surface area (TPSA) is 26.3 Å². The second-order valence-electron chi connectivity index (χ2n) is 4.98. The Balaban J connectivity index is 2.24. The zero-order valence-electron chi connectivity index (χ0n) is 8.46. The lowest BCUT2D eigenvalue weighted by Crippen LogP contribution is -2.29. The van der Waals surface area contributed by atoms with Gasteiger partial charge in [0.05, 0.1) is 12.2 Å². The van der Waals surface area contributed by atoms with E-state index in [9.17, 15) is 4.79 Å². The van der Waals surface area contributed by atoms with Crippen molar-refractivity contribution in [2.45, 2.75) is 45.8 Å². The number of ether oxygens (including phenoxy) is 1. The lowest BCUT2D eigenvalue weighted by atomic mass is 9.83. The molecule has 0 aromatic carbocycles. The fraction of sp³-hybridized carbons (Fsp3) is 0.727. The molecule has 0 aliphatic carbocycles. The minimum absolute atomic E-state index is 0.0699. The maximum Gasteiger partial charge on any atom is 0.138 e. The van der Waals surface area contributed by atoms with Crippen molar-refractivity contribution in [3.05, 3.63) is 11.6 Å². The first kappa shape index (κ1) is 8.95. The molecule has 2 atom stereocenters. The second-order valence-corrected chi connectivity index (χ2v) is 4.98. The van der Waals surface area contributed by atoms with Crippen LogP contribution in [0.2, 0.25) is 0 Å². The molecule has 0 amide bonds. The predicted octanol–water partition coefficient (Wildman–Crippen LogP) is 2.09. The van der Waals surface area contributed by atoms with Crippen molar-refractivity contribution in [2.24, 2.45) is 5.41 Å². The lowest BCUT2D eigenvalue weighted by molar-refractivity contribution is -0.128. The number of fused-ring (bicyclic) bond motifs is 2. The average Bonchev–Trinajstić information content (AvgIpc) is 2.24. The Hall–Kier alpha value is -0.630. The molecule has 0 aromatic rings. The number of rotatable bonds is 0. The molecule has 2 bridgehead atoms. The Labute approximate surface area is 79.0 Å². The Morgan fingerprint density at radius 1 is 1.38 bits per heavy atom. The maximum atomic E-state index is 11.3. The van der Waals surface area contributed by atoms with Crippen LogP contribution in [0.1, 0.15) is 33.6 Å². The van der Waals surface area contributed by atoms with E-state index in [1.807, 2.05) is 0 Å². The molecule has 1 saturated heterocycles. The third-order valence-corrected chi connectivity index (χ3v) is 2.76. The standard InChI is InChI=1S/C11H16O2/c1-11(2,3)9-6-8-4-7(12)5-10(9)13-8/h6,8,10H,4-5H2,1-3H3. The molecule has 0 N–H and O–H groups in total. The third kappa shape index (κ3) is 1.55. The molecule has 1 fully saturated rings. The summed E-state index contributed by atoms with van der Waals surface area (Å²) < 4.78 is 5.69. The first-order valence-corrected chi connectivity index (χ1v) is 4.86. The summed E-state index contributed by atoms with van der Waals surface area (Å²) in [6.45, 7) is 6.52. The van der Waals surface area contributed by atoms with Gasteiger partial charge in [0.15, 0.2) is 0 Å². The van der Waals surface area contributed by atoms with E-state index in [0.717, 1.165) is 0 Å². The third-order valence-electron chi connectivity index (χ3n) is 2.76. The van der Waals surface area contributed by atoms with Crippen LogP contribution in [0, 0.1) is 5.41 Å². The Bertz CT molecular complexity index is 270. The molecule has 2 heteroatoms. The van der Waals surface area contributed by atoms with Gasteiger partial charge in [-0.25, -0.2) is 0 Å². The van der Waals surface area contributed by atoms with Crippen LogP contribution in [-0.4, -0.2) is 18.0 Å². The van der Waals surface area contributed by atoms with Crippen molar-refractivity contribution in [3.8, 4) is 0 Å². The summed E-state index contributed by atoms with van der Waals surface area (Å²) in [5, 5.41) is 0. The van der Waals surface area contributed by atoms with Crippen molar-refractivity contribution < 1.29 is 9.53 Å². The SMILES string of the molecule is CC(C)(C)C1=CC2CC(=O)CC1O2. The van der Waals surface area contributed by atoms with Crippen LogP contribution in [0.25, 0.3) is 0 Å². The predicted molar refractivity (Wildman–Crippen MR) is 50.4 cm³/mol. The van der Waals surface area contributed by atoms with Gasteiger partial charge < -0.3 is 4.74 Å². The minimum atomic E-state index is 0.0699. The van der Waals surface area contributed by atoms with E-state index in [1.54, 1.807) is 0 Å². The highest BCUT2D eigenvalue weighted by Gasteiger charge is 2.39. The summed E-state index contributed by atoms with van der Waals surface area (Å²) in [6.07, 6.45) is 3.46. The summed E-state index contributed by atoms with van der Waals surface area (Å²) in [5.41, 5.74) is 1.45. The lowest BCUT2D eigenvalue weighted by Gasteiger charge is -2.27. The smallest absolute Gasteiger partial charge is 0.138 e. The highest BCUT2D eigenvalue weighted by Crippen LogP contribution is 2.39. The zero-order chi connectivity index (χ0) is 9.64. The summed E-state index contributed by atoms with van der Waals surface area (Å²) in [4.78, 5) is 11.3. The molecule has 13 heavy (non-hydrogen) atoms. The van der Waals surface area contributed by atoms with Crippen LogP contribution in [0.4, 0.5) is 0 Å². The van der Waals surface area contributed by atoms with Crippen LogP contribution in [0.5, 0.6) is 0 Å². The molecule has 0 radical (unpaired) electrons. The fourth-order valence-electron chi connectivity index (χ4n) is 2.14. The van der Waals surface area contributed by atoms with Crippen LogP contribution < -0.4 is 0 Å². The summed E-state index contributed by atoms with van der Waals surface area (Å²) in [5.74, 6) is 0.344. The van der Waals surface area contributed by atoms with Crippen molar-refractivity contribution in [1.29, 1.82) is 0 Å². The van der Waals surface area contributed by atoms with Crippen molar-refractivity contribution in [3.63, 3.8) is 0 Å². The summed E-state index contributed by atoms with van der Waals surface area (Å²) in [7, 11) is 0. The van der Waals surface area contributed by atoms with E-state index in [4.69, 9.17) is 4.74 Å². The monoisotopic (exact) mass is 180 g/mol. The van der Waals surface area contributed by atoms with Gasteiger partial charge in [-0.2, -0.15) is 0 Å². The van der Waals surface area contributed by atoms with E-state index in [-0.39, 0.29) is 17.6 Å². The van der Waals surface area contributed by atoms with Crippen LogP contribution >= 0.6 is 0 Å². The van der Waals surface area contributed by atoms with Gasteiger partial charge >= 0.3 is 0 Å². The van der Waals surface area contributed by atoms with Crippen molar-refractivity contribution in [1.82, 2.24) is 0 Å². The second kappa shape index (κ2) is 2.68. The molecule has 0 saturated carbocycles. The van der Waals surface area contributed by atoms with E-state index >= 15 is 0 Å². The molecule has 2 rings (SSSR count). The molecule has 0 spiro atoms. The molecular weight excluding hydrogens is 164 g/mol. The van der Waals surface area contributed by atoms with E-state index in [1.165, 1.54) is 5.57 Å². The molecule has 2 aliphatic heterocycles. The zero-order valence-corrected chi connectivity index (χ0v) is 8.46. The number of ketones is 1. The number of carbonyl (C=O) groups is 1. The molecule has 0 aromatic heterocycles. The Kier molecular flexibility index (Phi) is 1.84. The average molecular weight is 180 g/mol. The Morgan fingerprint density at radius 3 is 2.69 bits per heavy atom. The number of hydrogen-bond donors (Lipinski definition) is 0. The van der Waals surface area contributed by atoms with Crippen molar-refractivity contribution in [2.75, 3.05) is 0 Å². The van der Waals surface area contributed by atoms with Gasteiger partial charge in [0, 0.05) is 12.8 Å². The highest BCUT2D eigenvalue weighted by atomic mass is 16.5. The van der Waals surface area contributed by atoms with Crippen LogP contribution in [0.15, 0.2) is 11.6 Å². The van der Waals surface area contributed by atoms with Gasteiger partial charge in [-0.1, -0.05) is 26.8 Å². The molecule has 2 nitrogen and oxygen atoms in total. The number of hydrogen-bond acceptors (Lipinski definition) is 2. The van der Waals surface area contributed by atoms with E-state index in [2.05, 4.69) is 26.8 Å². The van der Waals surface area contributed by atoms with Gasteiger partial charge in [-0.3, -0.25) is 4.79 Å². The highest BCUT2D eigenvalue weighted by molar-refractivity contribution is 5.81. The van der Waals surface area contributed by atoms with Crippen LogP contribution in [0.3, 0.4) is 0 Å². The number of Topliss-reactive ketones (excluding diaryl/α,β-unsaturated/α-hetero) is 1. The molecular formula is C11H16O2. The summed E-state index contributed by atoms with van der Waals surface area (Å²) >= 11 is 0. The van der Waals surface area contributed by atoms with E-state index in [0.29, 0.717) is 18.6 Å². The normalized spacial score (nSPS) is 33.5. The molecule has 2 aliphatic rings. The largest absolute Gasteiger partial charge is 0.366 e. The van der Waals surface area contributed by atoms with Gasteiger partial charge in [0.1, 0.15) is 5.78 Å².